The summed E-state index contributed by atoms with van der Waals surface area (Å²) in [5, 5.41) is 6.63. The maximum absolute atomic E-state index is 11.8. The number of halogens is 1. The van der Waals surface area contributed by atoms with E-state index in [2.05, 4.69) is 10.5 Å². The number of carbonyl (C=O) groups is 1. The molecular weight excluding hydrogens is 242 g/mol. The molecule has 1 amide bonds. The number of hydrogen-bond donors (Lipinski definition) is 2. The van der Waals surface area contributed by atoms with E-state index in [9.17, 15) is 4.79 Å². The van der Waals surface area contributed by atoms with E-state index in [-0.39, 0.29) is 12.5 Å². The van der Waals surface area contributed by atoms with E-state index in [1.807, 2.05) is 0 Å². The highest BCUT2D eigenvalue weighted by molar-refractivity contribution is 6.31. The van der Waals surface area contributed by atoms with Crippen molar-refractivity contribution in [2.45, 2.75) is 6.54 Å². The standard InChI is InChI=1S/C11H10ClN3O2/c12-8-3-7(4-9(13)5-8)11(16)14-6-10-1-2-15-17-10/h1-5H,6,13H2,(H,14,16). The Morgan fingerprint density at radius 1 is 1.47 bits per heavy atom. The van der Waals surface area contributed by atoms with Crippen molar-refractivity contribution in [1.82, 2.24) is 10.5 Å². The van der Waals surface area contributed by atoms with E-state index >= 15 is 0 Å². The van der Waals surface area contributed by atoms with Gasteiger partial charge in [-0.2, -0.15) is 0 Å². The molecule has 0 saturated carbocycles. The maximum atomic E-state index is 11.8. The highest BCUT2D eigenvalue weighted by Crippen LogP contribution is 2.16. The highest BCUT2D eigenvalue weighted by Gasteiger charge is 2.08. The minimum atomic E-state index is -0.268. The lowest BCUT2D eigenvalue weighted by molar-refractivity contribution is 0.0947. The van der Waals surface area contributed by atoms with Crippen molar-refractivity contribution in [2.75, 3.05) is 5.73 Å². The third-order valence-corrected chi connectivity index (χ3v) is 2.31. The lowest BCUT2D eigenvalue weighted by Gasteiger charge is -2.04. The van der Waals surface area contributed by atoms with Gasteiger partial charge in [-0.15, -0.1) is 0 Å². The topological polar surface area (TPSA) is 81.2 Å². The zero-order valence-corrected chi connectivity index (χ0v) is 9.57. The Labute approximate surface area is 103 Å². The first-order chi connectivity index (χ1) is 8.15. The van der Waals surface area contributed by atoms with Gasteiger partial charge in [0.2, 0.25) is 0 Å². The van der Waals surface area contributed by atoms with Gasteiger partial charge in [0.1, 0.15) is 0 Å². The summed E-state index contributed by atoms with van der Waals surface area (Å²) in [5.41, 5.74) is 6.45. The molecule has 2 aromatic rings. The SMILES string of the molecule is Nc1cc(Cl)cc(C(=O)NCc2ccno2)c1. The summed E-state index contributed by atoms with van der Waals surface area (Å²) < 4.78 is 4.85. The Bertz CT molecular complexity index is 505. The third kappa shape index (κ3) is 2.98. The minimum absolute atomic E-state index is 0.268. The molecule has 6 heteroatoms. The number of hydrogen-bond acceptors (Lipinski definition) is 4. The fourth-order valence-electron chi connectivity index (χ4n) is 1.35. The van der Waals surface area contributed by atoms with Gasteiger partial charge in [-0.1, -0.05) is 16.8 Å². The van der Waals surface area contributed by atoms with Crippen molar-refractivity contribution >= 4 is 23.2 Å². The zero-order valence-electron chi connectivity index (χ0n) is 8.81. The molecule has 17 heavy (non-hydrogen) atoms. The summed E-state index contributed by atoms with van der Waals surface area (Å²) in [6, 6.07) is 6.36. The molecule has 0 bridgehead atoms. The summed E-state index contributed by atoms with van der Waals surface area (Å²) in [6.07, 6.45) is 1.51. The van der Waals surface area contributed by atoms with Gasteiger partial charge in [0.25, 0.3) is 5.91 Å². The Morgan fingerprint density at radius 3 is 2.94 bits per heavy atom. The third-order valence-electron chi connectivity index (χ3n) is 2.10. The van der Waals surface area contributed by atoms with Gasteiger partial charge >= 0.3 is 0 Å². The summed E-state index contributed by atoms with van der Waals surface area (Å²) >= 11 is 5.81. The Hall–Kier alpha value is -2.01. The van der Waals surface area contributed by atoms with Crippen LogP contribution in [-0.2, 0) is 6.54 Å². The quantitative estimate of drug-likeness (QED) is 0.816. The summed E-state index contributed by atoms with van der Waals surface area (Å²) in [5.74, 6) is 0.309. The molecule has 0 atom stereocenters. The Balaban J connectivity index is 2.04. The fourth-order valence-corrected chi connectivity index (χ4v) is 1.59. The summed E-state index contributed by atoms with van der Waals surface area (Å²) in [4.78, 5) is 11.8. The van der Waals surface area contributed by atoms with Crippen LogP contribution < -0.4 is 11.1 Å². The van der Waals surface area contributed by atoms with Gasteiger partial charge in [0.15, 0.2) is 5.76 Å². The molecule has 0 unspecified atom stereocenters. The van der Waals surface area contributed by atoms with Crippen molar-refractivity contribution in [2.24, 2.45) is 0 Å². The molecule has 88 valence electrons. The van der Waals surface area contributed by atoms with Crippen molar-refractivity contribution in [3.63, 3.8) is 0 Å². The smallest absolute Gasteiger partial charge is 0.251 e. The van der Waals surface area contributed by atoms with Crippen LogP contribution in [0.2, 0.25) is 5.02 Å². The van der Waals surface area contributed by atoms with Crippen molar-refractivity contribution in [1.29, 1.82) is 0 Å². The van der Waals surface area contributed by atoms with Gasteiger partial charge in [0, 0.05) is 22.3 Å². The first-order valence-electron chi connectivity index (χ1n) is 4.89. The average molecular weight is 252 g/mol. The van der Waals surface area contributed by atoms with Crippen LogP contribution in [0, 0.1) is 0 Å². The molecule has 0 saturated heterocycles. The molecule has 0 fully saturated rings. The lowest BCUT2D eigenvalue weighted by Crippen LogP contribution is -2.22. The largest absolute Gasteiger partial charge is 0.399 e. The number of rotatable bonds is 3. The number of carbonyl (C=O) groups excluding carboxylic acids is 1. The minimum Gasteiger partial charge on any atom is -0.399 e. The number of aromatic nitrogens is 1. The first kappa shape index (κ1) is 11.5. The number of nitrogens with one attached hydrogen (secondary N) is 1. The van der Waals surface area contributed by atoms with Crippen LogP contribution in [-0.4, -0.2) is 11.1 Å². The van der Waals surface area contributed by atoms with Crippen LogP contribution in [0.1, 0.15) is 16.1 Å². The molecule has 1 aromatic heterocycles. The molecule has 0 radical (unpaired) electrons. The summed E-state index contributed by atoms with van der Waals surface area (Å²) in [6.45, 7) is 0.269. The van der Waals surface area contributed by atoms with Gasteiger partial charge in [-0.3, -0.25) is 4.79 Å². The van der Waals surface area contributed by atoms with E-state index in [1.54, 1.807) is 24.3 Å². The molecule has 0 aliphatic rings. The van der Waals surface area contributed by atoms with Gasteiger partial charge in [-0.25, -0.2) is 0 Å². The molecule has 1 heterocycles. The summed E-state index contributed by atoms with van der Waals surface area (Å²) in [7, 11) is 0. The van der Waals surface area contributed by atoms with Gasteiger partial charge in [0.05, 0.1) is 12.7 Å². The number of nitrogens with zero attached hydrogens (tertiary/aromatic N) is 1. The maximum Gasteiger partial charge on any atom is 0.251 e. The van der Waals surface area contributed by atoms with Crippen LogP contribution in [0.3, 0.4) is 0 Å². The Kier molecular flexibility index (Phi) is 3.30. The van der Waals surface area contributed by atoms with Crippen LogP contribution in [0.5, 0.6) is 0 Å². The fraction of sp³-hybridized carbons (Fsp3) is 0.0909. The Morgan fingerprint density at radius 2 is 2.29 bits per heavy atom. The highest BCUT2D eigenvalue weighted by atomic mass is 35.5. The predicted molar refractivity (Wildman–Crippen MR) is 63.5 cm³/mol. The normalized spacial score (nSPS) is 10.2. The van der Waals surface area contributed by atoms with E-state index < -0.39 is 0 Å². The van der Waals surface area contributed by atoms with Crippen LogP contribution in [0.4, 0.5) is 5.69 Å². The molecule has 0 aliphatic heterocycles. The second kappa shape index (κ2) is 4.88. The van der Waals surface area contributed by atoms with Gasteiger partial charge < -0.3 is 15.6 Å². The van der Waals surface area contributed by atoms with Crippen LogP contribution in [0.25, 0.3) is 0 Å². The molecule has 3 N–H and O–H groups in total. The van der Waals surface area contributed by atoms with Crippen LogP contribution >= 0.6 is 11.6 Å². The molecule has 5 nitrogen and oxygen atoms in total. The number of benzene rings is 1. The monoisotopic (exact) mass is 251 g/mol. The predicted octanol–water partition coefficient (Wildman–Crippen LogP) is 1.84. The molecular formula is C11H10ClN3O2. The van der Waals surface area contributed by atoms with E-state index in [4.69, 9.17) is 21.9 Å². The average Bonchev–Trinajstić information content (AvgIpc) is 2.77. The molecule has 0 aliphatic carbocycles. The van der Waals surface area contributed by atoms with Crippen LogP contribution in [0.15, 0.2) is 35.0 Å². The molecule has 1 aromatic carbocycles. The number of amides is 1. The lowest BCUT2D eigenvalue weighted by atomic mass is 10.2. The number of nitrogens with two attached hydrogens (primary N) is 1. The molecule has 2 rings (SSSR count). The van der Waals surface area contributed by atoms with Crippen molar-refractivity contribution in [3.8, 4) is 0 Å². The first-order valence-corrected chi connectivity index (χ1v) is 5.27. The molecule has 0 spiro atoms. The van der Waals surface area contributed by atoms with Crippen molar-refractivity contribution < 1.29 is 9.32 Å². The second-order valence-electron chi connectivity index (χ2n) is 3.43. The van der Waals surface area contributed by atoms with E-state index in [1.165, 1.54) is 6.20 Å². The van der Waals surface area contributed by atoms with E-state index in [0.717, 1.165) is 0 Å². The number of nitrogen functional groups attached to an aromatic ring is 1. The number of anilines is 1. The van der Waals surface area contributed by atoms with Gasteiger partial charge in [-0.05, 0) is 18.2 Å². The van der Waals surface area contributed by atoms with Crippen molar-refractivity contribution in [3.05, 3.63) is 46.8 Å². The zero-order chi connectivity index (χ0) is 12.3. The van der Waals surface area contributed by atoms with E-state index in [0.29, 0.717) is 22.0 Å². The second-order valence-corrected chi connectivity index (χ2v) is 3.87.